The molecule has 1 aliphatic rings. The van der Waals surface area contributed by atoms with Crippen LogP contribution in [-0.2, 0) is 4.79 Å². The molecule has 31 heavy (non-hydrogen) atoms. The summed E-state index contributed by atoms with van der Waals surface area (Å²) in [7, 11) is 1.55. The van der Waals surface area contributed by atoms with Gasteiger partial charge in [0.25, 0.3) is 5.91 Å². The second-order valence-electron chi connectivity index (χ2n) is 7.20. The van der Waals surface area contributed by atoms with E-state index in [-0.39, 0.29) is 12.0 Å². The molecule has 0 spiro atoms. The van der Waals surface area contributed by atoms with Gasteiger partial charge in [-0.3, -0.25) is 9.69 Å². The number of anilines is 1. The second-order valence-corrected chi connectivity index (χ2v) is 9.28. The van der Waals surface area contributed by atoms with E-state index in [4.69, 9.17) is 33.3 Å². The Morgan fingerprint density at radius 1 is 1.10 bits per heavy atom. The lowest BCUT2D eigenvalue weighted by Crippen LogP contribution is -2.27. The zero-order valence-corrected chi connectivity index (χ0v) is 19.6. The van der Waals surface area contributed by atoms with Crippen LogP contribution in [0.5, 0.6) is 11.5 Å². The van der Waals surface area contributed by atoms with Crippen LogP contribution in [0.2, 0.25) is 5.02 Å². The highest BCUT2D eigenvalue weighted by Crippen LogP contribution is 2.40. The maximum Gasteiger partial charge on any atom is 0.270 e. The molecule has 0 atom stereocenters. The molecule has 0 aliphatic carbocycles. The van der Waals surface area contributed by atoms with E-state index >= 15 is 0 Å². The molecule has 7 heteroatoms. The van der Waals surface area contributed by atoms with Gasteiger partial charge in [0, 0.05) is 5.56 Å². The number of benzene rings is 3. The topological polar surface area (TPSA) is 38.8 Å². The number of ether oxygens (including phenoxy) is 2. The highest BCUT2D eigenvalue weighted by Gasteiger charge is 2.34. The first kappa shape index (κ1) is 21.7. The Morgan fingerprint density at radius 2 is 1.84 bits per heavy atom. The number of carbonyl (C=O) groups excluding carboxylic acids is 1. The Bertz CT molecular complexity index is 1220. The molecule has 1 aliphatic heterocycles. The van der Waals surface area contributed by atoms with Crippen molar-refractivity contribution in [3.05, 3.63) is 70.1 Å². The molecule has 0 radical (unpaired) electrons. The molecular formula is C24H20ClNO3S2. The van der Waals surface area contributed by atoms with Crippen molar-refractivity contribution in [2.45, 2.75) is 20.0 Å². The smallest absolute Gasteiger partial charge is 0.270 e. The average molecular weight is 470 g/mol. The lowest BCUT2D eigenvalue weighted by Gasteiger charge is -2.16. The van der Waals surface area contributed by atoms with Crippen molar-refractivity contribution < 1.29 is 14.3 Å². The first-order valence-corrected chi connectivity index (χ1v) is 11.3. The van der Waals surface area contributed by atoms with Gasteiger partial charge in [-0.15, -0.1) is 0 Å². The quantitative estimate of drug-likeness (QED) is 0.307. The Labute approximate surface area is 195 Å². The molecule has 1 amide bonds. The van der Waals surface area contributed by atoms with Crippen LogP contribution in [0.4, 0.5) is 5.69 Å². The van der Waals surface area contributed by atoms with Crippen molar-refractivity contribution in [3.63, 3.8) is 0 Å². The number of methoxy groups -OCH3 is 1. The molecule has 0 saturated carbocycles. The number of amides is 1. The third-order valence-corrected chi connectivity index (χ3v) is 6.35. The monoisotopic (exact) mass is 469 g/mol. The van der Waals surface area contributed by atoms with Crippen LogP contribution < -0.4 is 14.4 Å². The standard InChI is InChI=1S/C24H20ClNO3S2/c1-14(2)29-20-10-8-15-6-4-5-7-17(15)18(20)13-22-23(27)26(24(30)31-22)16-9-11-21(28-3)19(25)12-16/h4-14H,1-3H3/b22-13+. The van der Waals surface area contributed by atoms with Gasteiger partial charge in [-0.1, -0.05) is 65.9 Å². The Kier molecular flexibility index (Phi) is 6.23. The summed E-state index contributed by atoms with van der Waals surface area (Å²) in [6, 6.07) is 17.2. The number of thiocarbonyl (C=S) groups is 1. The third-order valence-electron chi connectivity index (χ3n) is 4.76. The molecule has 4 nitrogen and oxygen atoms in total. The minimum absolute atomic E-state index is 0.00395. The zero-order chi connectivity index (χ0) is 22.1. The summed E-state index contributed by atoms with van der Waals surface area (Å²) in [5.74, 6) is 1.07. The predicted molar refractivity (Wildman–Crippen MR) is 133 cm³/mol. The van der Waals surface area contributed by atoms with E-state index in [0.717, 1.165) is 22.1 Å². The van der Waals surface area contributed by atoms with Crippen LogP contribution >= 0.6 is 35.6 Å². The number of rotatable bonds is 5. The predicted octanol–water partition coefficient (Wildman–Crippen LogP) is 6.69. The van der Waals surface area contributed by atoms with Gasteiger partial charge in [-0.05, 0) is 55.0 Å². The van der Waals surface area contributed by atoms with Crippen molar-refractivity contribution in [2.24, 2.45) is 0 Å². The van der Waals surface area contributed by atoms with Gasteiger partial charge in [0.15, 0.2) is 4.32 Å². The van der Waals surface area contributed by atoms with Crippen molar-refractivity contribution >= 4 is 68.3 Å². The molecule has 158 valence electrons. The van der Waals surface area contributed by atoms with Gasteiger partial charge in [0.2, 0.25) is 0 Å². The number of nitrogens with zero attached hydrogens (tertiary/aromatic N) is 1. The van der Waals surface area contributed by atoms with Crippen molar-refractivity contribution in [2.75, 3.05) is 12.0 Å². The highest BCUT2D eigenvalue weighted by molar-refractivity contribution is 8.27. The highest BCUT2D eigenvalue weighted by atomic mass is 35.5. The van der Waals surface area contributed by atoms with Gasteiger partial charge in [-0.25, -0.2) is 0 Å². The van der Waals surface area contributed by atoms with Gasteiger partial charge in [-0.2, -0.15) is 0 Å². The van der Waals surface area contributed by atoms with Gasteiger partial charge >= 0.3 is 0 Å². The van der Waals surface area contributed by atoms with E-state index in [2.05, 4.69) is 0 Å². The van der Waals surface area contributed by atoms with Crippen molar-refractivity contribution in [3.8, 4) is 11.5 Å². The number of hydrogen-bond acceptors (Lipinski definition) is 5. The fourth-order valence-electron chi connectivity index (χ4n) is 3.40. The van der Waals surface area contributed by atoms with Gasteiger partial charge < -0.3 is 9.47 Å². The van der Waals surface area contributed by atoms with E-state index in [9.17, 15) is 4.79 Å². The van der Waals surface area contributed by atoms with E-state index in [1.54, 1.807) is 25.3 Å². The van der Waals surface area contributed by atoms with Crippen LogP contribution in [0.15, 0.2) is 59.5 Å². The molecule has 4 rings (SSSR count). The SMILES string of the molecule is COc1ccc(N2C(=O)/C(=C\c3c(OC(C)C)ccc4ccccc34)SC2=S)cc1Cl. The maximum absolute atomic E-state index is 13.3. The summed E-state index contributed by atoms with van der Waals surface area (Å²) in [6.45, 7) is 3.96. The van der Waals surface area contributed by atoms with Crippen molar-refractivity contribution in [1.29, 1.82) is 0 Å². The van der Waals surface area contributed by atoms with E-state index in [1.807, 2.05) is 56.3 Å². The minimum Gasteiger partial charge on any atom is -0.495 e. The first-order chi connectivity index (χ1) is 14.9. The zero-order valence-electron chi connectivity index (χ0n) is 17.2. The lowest BCUT2D eigenvalue weighted by atomic mass is 10.0. The number of carbonyl (C=O) groups is 1. The summed E-state index contributed by atoms with van der Waals surface area (Å²) >= 11 is 13.0. The molecule has 0 N–H and O–H groups in total. The third kappa shape index (κ3) is 4.28. The first-order valence-electron chi connectivity index (χ1n) is 9.69. The average Bonchev–Trinajstić information content (AvgIpc) is 3.02. The molecule has 0 aromatic heterocycles. The number of hydrogen-bond donors (Lipinski definition) is 0. The summed E-state index contributed by atoms with van der Waals surface area (Å²) in [6.07, 6.45) is 1.87. The molecule has 1 fully saturated rings. The van der Waals surface area contributed by atoms with Crippen LogP contribution in [0.3, 0.4) is 0 Å². The van der Waals surface area contributed by atoms with E-state index in [1.165, 1.54) is 16.7 Å². The fourth-order valence-corrected chi connectivity index (χ4v) is 4.93. The van der Waals surface area contributed by atoms with E-state index in [0.29, 0.717) is 25.7 Å². The van der Waals surface area contributed by atoms with Crippen LogP contribution in [0, 0.1) is 0 Å². The van der Waals surface area contributed by atoms with E-state index < -0.39 is 0 Å². The largest absolute Gasteiger partial charge is 0.495 e. The molecule has 1 heterocycles. The summed E-state index contributed by atoms with van der Waals surface area (Å²) in [4.78, 5) is 15.3. The fraction of sp³-hybridized carbons (Fsp3) is 0.167. The molecule has 0 bridgehead atoms. The molecule has 3 aromatic carbocycles. The van der Waals surface area contributed by atoms with Crippen molar-refractivity contribution in [1.82, 2.24) is 0 Å². The summed E-state index contributed by atoms with van der Waals surface area (Å²) in [5.41, 5.74) is 1.47. The number of fused-ring (bicyclic) bond motifs is 1. The lowest BCUT2D eigenvalue weighted by molar-refractivity contribution is -0.113. The second kappa shape index (κ2) is 8.91. The van der Waals surface area contributed by atoms with Crippen LogP contribution in [0.1, 0.15) is 19.4 Å². The normalized spacial score (nSPS) is 15.4. The number of halogens is 1. The Morgan fingerprint density at radius 3 is 2.55 bits per heavy atom. The van der Waals surface area contributed by atoms with Gasteiger partial charge in [0.05, 0.1) is 28.8 Å². The summed E-state index contributed by atoms with van der Waals surface area (Å²) in [5, 5.41) is 2.50. The van der Waals surface area contributed by atoms with Gasteiger partial charge in [0.1, 0.15) is 11.5 Å². The molecule has 3 aromatic rings. The van der Waals surface area contributed by atoms with Crippen LogP contribution in [-0.4, -0.2) is 23.4 Å². The molecular weight excluding hydrogens is 450 g/mol. The van der Waals surface area contributed by atoms with Crippen LogP contribution in [0.25, 0.3) is 16.8 Å². The Balaban J connectivity index is 1.78. The summed E-state index contributed by atoms with van der Waals surface area (Å²) < 4.78 is 11.7. The number of thioether (sulfide) groups is 1. The maximum atomic E-state index is 13.3. The minimum atomic E-state index is -0.195. The Hall–Kier alpha value is -2.54. The molecule has 0 unspecified atom stereocenters. The molecule has 1 saturated heterocycles.